The lowest BCUT2D eigenvalue weighted by Gasteiger charge is -2.36. The third kappa shape index (κ3) is 4.24. The Balaban J connectivity index is 2.06. The lowest BCUT2D eigenvalue weighted by molar-refractivity contribution is -0.153. The van der Waals surface area contributed by atoms with Crippen LogP contribution in [0, 0.1) is 5.92 Å². The van der Waals surface area contributed by atoms with Crippen molar-refractivity contribution >= 4 is 11.9 Å². The summed E-state index contributed by atoms with van der Waals surface area (Å²) < 4.78 is 5.21. The largest absolute Gasteiger partial charge is 0.497 e. The van der Waals surface area contributed by atoms with E-state index in [1.54, 1.807) is 12.0 Å². The fourth-order valence-corrected chi connectivity index (χ4v) is 3.12. The Kier molecular flexibility index (Phi) is 5.64. The molecule has 1 fully saturated rings. The molecule has 5 nitrogen and oxygen atoms in total. The summed E-state index contributed by atoms with van der Waals surface area (Å²) >= 11 is 0. The highest BCUT2D eigenvalue weighted by Crippen LogP contribution is 2.27. The van der Waals surface area contributed by atoms with Crippen LogP contribution >= 0.6 is 0 Å². The Hall–Kier alpha value is -2.04. The van der Waals surface area contributed by atoms with E-state index in [4.69, 9.17) is 4.74 Å². The predicted octanol–water partition coefficient (Wildman–Crippen LogP) is 2.90. The monoisotopic (exact) mass is 319 g/mol. The minimum absolute atomic E-state index is 0.0198. The molecule has 1 saturated heterocycles. The maximum absolute atomic E-state index is 12.6. The van der Waals surface area contributed by atoms with E-state index in [2.05, 4.69) is 0 Å². The number of methoxy groups -OCH3 is 1. The van der Waals surface area contributed by atoms with E-state index in [9.17, 15) is 14.7 Å². The van der Waals surface area contributed by atoms with Crippen LogP contribution in [0.3, 0.4) is 0 Å². The second-order valence-corrected chi connectivity index (χ2v) is 6.45. The molecular formula is C18H25NO4. The molecule has 0 aliphatic carbocycles. The van der Waals surface area contributed by atoms with E-state index < -0.39 is 12.0 Å². The van der Waals surface area contributed by atoms with Gasteiger partial charge in [0, 0.05) is 13.0 Å². The van der Waals surface area contributed by atoms with Gasteiger partial charge >= 0.3 is 5.97 Å². The number of carboxylic acid groups (broad SMARTS) is 1. The zero-order valence-corrected chi connectivity index (χ0v) is 14.0. The van der Waals surface area contributed by atoms with Crippen LogP contribution in [0.1, 0.15) is 44.6 Å². The number of piperidine rings is 1. The minimum atomic E-state index is -0.904. The van der Waals surface area contributed by atoms with Gasteiger partial charge in [0.15, 0.2) is 0 Å². The van der Waals surface area contributed by atoms with Crippen LogP contribution in [0.5, 0.6) is 5.75 Å². The quantitative estimate of drug-likeness (QED) is 0.906. The highest BCUT2D eigenvalue weighted by atomic mass is 16.5. The van der Waals surface area contributed by atoms with Gasteiger partial charge in [-0.2, -0.15) is 0 Å². The normalized spacial score (nSPS) is 22.5. The zero-order valence-electron chi connectivity index (χ0n) is 14.0. The molecule has 0 radical (unpaired) electrons. The van der Waals surface area contributed by atoms with Crippen molar-refractivity contribution in [3.63, 3.8) is 0 Å². The highest BCUT2D eigenvalue weighted by molar-refractivity contribution is 5.84. The Labute approximate surface area is 137 Å². The maximum atomic E-state index is 12.6. The van der Waals surface area contributed by atoms with Crippen LogP contribution in [0.25, 0.3) is 0 Å². The molecule has 3 unspecified atom stereocenters. The van der Waals surface area contributed by atoms with Crippen LogP contribution < -0.4 is 4.74 Å². The van der Waals surface area contributed by atoms with Crippen LogP contribution in [-0.4, -0.2) is 41.6 Å². The molecule has 1 aromatic rings. The van der Waals surface area contributed by atoms with Crippen molar-refractivity contribution in [2.45, 2.75) is 45.1 Å². The molecule has 1 aromatic carbocycles. The van der Waals surface area contributed by atoms with Gasteiger partial charge < -0.3 is 14.7 Å². The lowest BCUT2D eigenvalue weighted by Crippen LogP contribution is -2.50. The smallest absolute Gasteiger partial charge is 0.326 e. The van der Waals surface area contributed by atoms with Crippen molar-refractivity contribution in [1.82, 2.24) is 4.90 Å². The minimum Gasteiger partial charge on any atom is -0.497 e. The second-order valence-electron chi connectivity index (χ2n) is 6.45. The number of nitrogens with zero attached hydrogens (tertiary/aromatic N) is 1. The molecule has 0 saturated carbocycles. The van der Waals surface area contributed by atoms with Gasteiger partial charge in [-0.3, -0.25) is 4.79 Å². The lowest BCUT2D eigenvalue weighted by atomic mass is 9.90. The second kappa shape index (κ2) is 7.49. The number of ether oxygens (including phenoxy) is 1. The average Bonchev–Trinajstić information content (AvgIpc) is 2.54. The molecule has 0 spiro atoms. The van der Waals surface area contributed by atoms with E-state index in [0.717, 1.165) is 17.7 Å². The van der Waals surface area contributed by atoms with Crippen molar-refractivity contribution in [2.75, 3.05) is 13.7 Å². The van der Waals surface area contributed by atoms with Crippen molar-refractivity contribution in [1.29, 1.82) is 0 Å². The van der Waals surface area contributed by atoms with E-state index in [1.807, 2.05) is 38.1 Å². The number of benzene rings is 1. The van der Waals surface area contributed by atoms with Gasteiger partial charge in [0.1, 0.15) is 11.8 Å². The van der Waals surface area contributed by atoms with Gasteiger partial charge in [-0.1, -0.05) is 26.0 Å². The number of hydrogen-bond acceptors (Lipinski definition) is 3. The molecule has 1 aliphatic rings. The average molecular weight is 319 g/mol. The zero-order chi connectivity index (χ0) is 17.0. The van der Waals surface area contributed by atoms with Gasteiger partial charge in [0.25, 0.3) is 0 Å². The maximum Gasteiger partial charge on any atom is 0.326 e. The van der Waals surface area contributed by atoms with E-state index in [0.29, 0.717) is 25.3 Å². The van der Waals surface area contributed by atoms with E-state index >= 15 is 0 Å². The molecule has 23 heavy (non-hydrogen) atoms. The standard InChI is InChI=1S/C18H25NO4/c1-12-7-8-19(16(9-12)18(21)22)17(20)10-13(2)14-5-4-6-15(11-14)23-3/h4-6,11-13,16H,7-10H2,1-3H3,(H,21,22). The van der Waals surface area contributed by atoms with Crippen LogP contribution in [0.4, 0.5) is 0 Å². The molecule has 5 heteroatoms. The van der Waals surface area contributed by atoms with Gasteiger partial charge in [-0.05, 0) is 42.4 Å². The molecule has 126 valence electrons. The number of likely N-dealkylation sites (tertiary alicyclic amines) is 1. The third-order valence-electron chi connectivity index (χ3n) is 4.61. The number of carbonyl (C=O) groups excluding carboxylic acids is 1. The predicted molar refractivity (Wildman–Crippen MR) is 87.6 cm³/mol. The Morgan fingerprint density at radius 2 is 2.17 bits per heavy atom. The van der Waals surface area contributed by atoms with Crippen molar-refractivity contribution in [3.8, 4) is 5.75 Å². The van der Waals surface area contributed by atoms with Crippen LogP contribution in [0.2, 0.25) is 0 Å². The fourth-order valence-electron chi connectivity index (χ4n) is 3.12. The molecule has 3 atom stereocenters. The van der Waals surface area contributed by atoms with Gasteiger partial charge in [0.05, 0.1) is 7.11 Å². The molecule has 1 amide bonds. The molecular weight excluding hydrogens is 294 g/mol. The van der Waals surface area contributed by atoms with Crippen molar-refractivity contribution in [2.24, 2.45) is 5.92 Å². The summed E-state index contributed by atoms with van der Waals surface area (Å²) in [5, 5.41) is 9.38. The first-order valence-corrected chi connectivity index (χ1v) is 8.08. The Morgan fingerprint density at radius 1 is 1.43 bits per heavy atom. The molecule has 2 rings (SSSR count). The number of aliphatic carboxylic acids is 1. The highest BCUT2D eigenvalue weighted by Gasteiger charge is 2.35. The summed E-state index contributed by atoms with van der Waals surface area (Å²) in [5.41, 5.74) is 1.02. The molecule has 1 N–H and O–H groups in total. The Morgan fingerprint density at radius 3 is 2.83 bits per heavy atom. The van der Waals surface area contributed by atoms with Crippen LogP contribution in [0.15, 0.2) is 24.3 Å². The van der Waals surface area contributed by atoms with Crippen molar-refractivity contribution in [3.05, 3.63) is 29.8 Å². The SMILES string of the molecule is COc1cccc(C(C)CC(=O)N2CCC(C)CC2C(=O)O)c1. The van der Waals surface area contributed by atoms with Gasteiger partial charge in [-0.25, -0.2) is 4.79 Å². The van der Waals surface area contributed by atoms with Gasteiger partial charge in [0.2, 0.25) is 5.91 Å². The summed E-state index contributed by atoms with van der Waals surface area (Å²) in [6, 6.07) is 6.96. The fraction of sp³-hybridized carbons (Fsp3) is 0.556. The molecule has 1 aliphatic heterocycles. The first-order valence-electron chi connectivity index (χ1n) is 8.08. The first kappa shape index (κ1) is 17.3. The number of carboxylic acids is 1. The number of amides is 1. The molecule has 1 heterocycles. The summed E-state index contributed by atoms with van der Waals surface area (Å²) in [6.45, 7) is 4.55. The first-order chi connectivity index (χ1) is 10.9. The van der Waals surface area contributed by atoms with Crippen LogP contribution in [-0.2, 0) is 9.59 Å². The summed E-state index contributed by atoms with van der Waals surface area (Å²) in [4.78, 5) is 25.6. The number of hydrogen-bond donors (Lipinski definition) is 1. The topological polar surface area (TPSA) is 66.8 Å². The Bertz CT molecular complexity index is 572. The van der Waals surface area contributed by atoms with E-state index in [1.165, 1.54) is 0 Å². The summed E-state index contributed by atoms with van der Waals surface area (Å²) in [5.74, 6) is 0.137. The van der Waals surface area contributed by atoms with Crippen molar-refractivity contribution < 1.29 is 19.4 Å². The number of carbonyl (C=O) groups is 2. The molecule has 0 aromatic heterocycles. The van der Waals surface area contributed by atoms with Gasteiger partial charge in [-0.15, -0.1) is 0 Å². The summed E-state index contributed by atoms with van der Waals surface area (Å²) in [6.07, 6.45) is 1.71. The summed E-state index contributed by atoms with van der Waals surface area (Å²) in [7, 11) is 1.61. The third-order valence-corrected chi connectivity index (χ3v) is 4.61. The number of rotatable bonds is 5. The molecule has 0 bridgehead atoms. The van der Waals surface area contributed by atoms with E-state index in [-0.39, 0.29) is 11.8 Å².